The van der Waals surface area contributed by atoms with Gasteiger partial charge in [-0.25, -0.2) is 0 Å². The Morgan fingerprint density at radius 1 is 0.312 bits per heavy atom. The summed E-state index contributed by atoms with van der Waals surface area (Å²) in [5.41, 5.74) is 0. The zero-order valence-electron chi connectivity index (χ0n) is 42.6. The van der Waals surface area contributed by atoms with Crippen molar-refractivity contribution in [2.24, 2.45) is 0 Å². The molecule has 0 aromatic heterocycles. The van der Waals surface area contributed by atoms with E-state index in [9.17, 15) is 14.4 Å². The summed E-state index contributed by atoms with van der Waals surface area (Å²) in [6.45, 7) is 6.59. The lowest BCUT2D eigenvalue weighted by Gasteiger charge is -2.18. The third kappa shape index (κ3) is 50.4. The van der Waals surface area contributed by atoms with Crippen molar-refractivity contribution in [1.82, 2.24) is 0 Å². The van der Waals surface area contributed by atoms with Crippen LogP contribution in [0.3, 0.4) is 0 Å². The zero-order valence-corrected chi connectivity index (χ0v) is 42.6. The lowest BCUT2D eigenvalue weighted by molar-refractivity contribution is -0.167. The van der Waals surface area contributed by atoms with Crippen LogP contribution in [0.2, 0.25) is 0 Å². The molecule has 1 unspecified atom stereocenters. The minimum Gasteiger partial charge on any atom is -0.462 e. The van der Waals surface area contributed by atoms with Crippen LogP contribution < -0.4 is 0 Å². The molecule has 1 atom stereocenters. The molecule has 0 aromatic rings. The number of allylic oxidation sites excluding steroid dienone is 8. The standard InChI is InChI=1S/C58H104O6/c1-4-7-10-13-16-19-21-23-24-25-26-27-28-29-30-31-32-33-34-36-37-39-42-45-48-51-57(60)63-54-55(53-62-56(59)50-47-44-41-18-15-12-9-6-3)64-58(61)52-49-46-43-40-38-35-22-20-17-14-11-8-5-2/h20-23,25-26,28-29,55H,4-19,24,27,30-54H2,1-3H3/b22-20-,23-21-,26-25-,29-28-. The van der Waals surface area contributed by atoms with E-state index < -0.39 is 6.10 Å². The molecule has 0 N–H and O–H groups in total. The number of hydrogen-bond donors (Lipinski definition) is 0. The van der Waals surface area contributed by atoms with E-state index in [0.717, 1.165) is 83.5 Å². The van der Waals surface area contributed by atoms with Gasteiger partial charge in [0, 0.05) is 19.3 Å². The van der Waals surface area contributed by atoms with Crippen molar-refractivity contribution in [3.63, 3.8) is 0 Å². The zero-order chi connectivity index (χ0) is 46.5. The second-order valence-corrected chi connectivity index (χ2v) is 18.5. The smallest absolute Gasteiger partial charge is 0.306 e. The Hall–Kier alpha value is -2.63. The molecule has 0 saturated carbocycles. The van der Waals surface area contributed by atoms with E-state index in [4.69, 9.17) is 14.2 Å². The van der Waals surface area contributed by atoms with Crippen molar-refractivity contribution in [3.8, 4) is 0 Å². The van der Waals surface area contributed by atoms with Gasteiger partial charge in [-0.2, -0.15) is 0 Å². The van der Waals surface area contributed by atoms with Crippen molar-refractivity contribution in [2.45, 2.75) is 290 Å². The molecule has 0 saturated heterocycles. The van der Waals surface area contributed by atoms with Gasteiger partial charge in [0.15, 0.2) is 6.10 Å². The molecule has 372 valence electrons. The first-order chi connectivity index (χ1) is 31.5. The second kappa shape index (κ2) is 53.0. The predicted molar refractivity (Wildman–Crippen MR) is 275 cm³/mol. The molecular weight excluding hydrogens is 793 g/mol. The molecule has 0 spiro atoms. The molecule has 6 nitrogen and oxygen atoms in total. The summed E-state index contributed by atoms with van der Waals surface area (Å²) in [7, 11) is 0. The van der Waals surface area contributed by atoms with Gasteiger partial charge >= 0.3 is 17.9 Å². The van der Waals surface area contributed by atoms with Gasteiger partial charge in [-0.05, 0) is 83.5 Å². The maximum atomic E-state index is 12.8. The van der Waals surface area contributed by atoms with Crippen molar-refractivity contribution in [2.75, 3.05) is 13.2 Å². The van der Waals surface area contributed by atoms with E-state index in [1.54, 1.807) is 0 Å². The van der Waals surface area contributed by atoms with Crippen LogP contribution >= 0.6 is 0 Å². The molecule has 0 aliphatic heterocycles. The van der Waals surface area contributed by atoms with E-state index in [1.807, 2.05) is 0 Å². The minimum absolute atomic E-state index is 0.0757. The Labute approximate surface area is 397 Å². The summed E-state index contributed by atoms with van der Waals surface area (Å²) >= 11 is 0. The van der Waals surface area contributed by atoms with E-state index in [2.05, 4.69) is 69.4 Å². The highest BCUT2D eigenvalue weighted by atomic mass is 16.6. The molecule has 0 aromatic carbocycles. The third-order valence-corrected chi connectivity index (χ3v) is 12.1. The maximum absolute atomic E-state index is 12.8. The summed E-state index contributed by atoms with van der Waals surface area (Å²) in [6, 6.07) is 0. The molecule has 64 heavy (non-hydrogen) atoms. The average Bonchev–Trinajstić information content (AvgIpc) is 3.29. The number of rotatable bonds is 50. The van der Waals surface area contributed by atoms with Gasteiger partial charge in [0.2, 0.25) is 0 Å². The van der Waals surface area contributed by atoms with Crippen LogP contribution in [-0.2, 0) is 28.6 Å². The van der Waals surface area contributed by atoms with Gasteiger partial charge in [0.1, 0.15) is 13.2 Å². The third-order valence-electron chi connectivity index (χ3n) is 12.1. The molecule has 6 heteroatoms. The first-order valence-electron chi connectivity index (χ1n) is 27.6. The highest BCUT2D eigenvalue weighted by Crippen LogP contribution is 2.15. The summed E-state index contributed by atoms with van der Waals surface area (Å²) in [5, 5.41) is 0. The molecule has 0 aliphatic carbocycles. The average molecular weight is 897 g/mol. The van der Waals surface area contributed by atoms with Gasteiger partial charge in [0.05, 0.1) is 0 Å². The van der Waals surface area contributed by atoms with Crippen LogP contribution in [0, 0.1) is 0 Å². The Kier molecular flexibility index (Phi) is 50.8. The van der Waals surface area contributed by atoms with Crippen LogP contribution in [0.5, 0.6) is 0 Å². The molecule has 0 radical (unpaired) electrons. The van der Waals surface area contributed by atoms with Crippen molar-refractivity contribution in [1.29, 1.82) is 0 Å². The Balaban J connectivity index is 4.18. The van der Waals surface area contributed by atoms with Gasteiger partial charge in [-0.15, -0.1) is 0 Å². The Bertz CT molecular complexity index is 1120. The number of unbranched alkanes of at least 4 members (excludes halogenated alkanes) is 31. The second-order valence-electron chi connectivity index (χ2n) is 18.5. The van der Waals surface area contributed by atoms with Gasteiger partial charge < -0.3 is 14.2 Å². The lowest BCUT2D eigenvalue weighted by atomic mass is 10.1. The van der Waals surface area contributed by atoms with Crippen molar-refractivity contribution >= 4 is 17.9 Å². The fourth-order valence-electron chi connectivity index (χ4n) is 7.86. The molecule has 0 heterocycles. The van der Waals surface area contributed by atoms with Crippen molar-refractivity contribution in [3.05, 3.63) is 48.6 Å². The number of carbonyl (C=O) groups is 3. The van der Waals surface area contributed by atoms with Crippen LogP contribution in [0.25, 0.3) is 0 Å². The maximum Gasteiger partial charge on any atom is 0.306 e. The van der Waals surface area contributed by atoms with Crippen LogP contribution in [-0.4, -0.2) is 37.2 Å². The number of esters is 3. The summed E-state index contributed by atoms with van der Waals surface area (Å²) in [6.07, 6.45) is 64.0. The first-order valence-corrected chi connectivity index (χ1v) is 27.6. The fourth-order valence-corrected chi connectivity index (χ4v) is 7.86. The summed E-state index contributed by atoms with van der Waals surface area (Å²) in [4.78, 5) is 37.9. The SMILES string of the molecule is CCCCCC/C=C\CCCCCCCC(=O)OC(COC(=O)CCCCCCCCCC)COC(=O)CCCCCCCCCCCC/C=C\C/C=C\C/C=C\CCCCCCC. The fraction of sp³-hybridized carbons (Fsp3) is 0.810. The first kappa shape index (κ1) is 61.4. The van der Waals surface area contributed by atoms with E-state index in [1.165, 1.54) is 161 Å². The van der Waals surface area contributed by atoms with Gasteiger partial charge in [-0.1, -0.05) is 230 Å². The normalized spacial score (nSPS) is 12.4. The Morgan fingerprint density at radius 3 is 0.906 bits per heavy atom. The topological polar surface area (TPSA) is 78.9 Å². The molecule has 0 amide bonds. The van der Waals surface area contributed by atoms with Crippen molar-refractivity contribution < 1.29 is 28.6 Å². The van der Waals surface area contributed by atoms with E-state index >= 15 is 0 Å². The number of hydrogen-bond acceptors (Lipinski definition) is 6. The number of carbonyl (C=O) groups excluding carboxylic acids is 3. The highest BCUT2D eigenvalue weighted by molar-refractivity contribution is 5.71. The lowest BCUT2D eigenvalue weighted by Crippen LogP contribution is -2.30. The van der Waals surface area contributed by atoms with Crippen LogP contribution in [0.4, 0.5) is 0 Å². The molecule has 0 fully saturated rings. The summed E-state index contributed by atoms with van der Waals surface area (Å²) < 4.78 is 16.8. The monoisotopic (exact) mass is 897 g/mol. The predicted octanol–water partition coefficient (Wildman–Crippen LogP) is 18.3. The van der Waals surface area contributed by atoms with Crippen LogP contribution in [0.1, 0.15) is 284 Å². The number of ether oxygens (including phenoxy) is 3. The quantitative estimate of drug-likeness (QED) is 0.0262. The molecule has 0 bridgehead atoms. The summed E-state index contributed by atoms with van der Waals surface area (Å²) in [5.74, 6) is -0.885. The van der Waals surface area contributed by atoms with Gasteiger partial charge in [-0.3, -0.25) is 14.4 Å². The molecule has 0 rings (SSSR count). The van der Waals surface area contributed by atoms with E-state index in [0.29, 0.717) is 19.3 Å². The van der Waals surface area contributed by atoms with Crippen LogP contribution in [0.15, 0.2) is 48.6 Å². The molecular formula is C58H104O6. The highest BCUT2D eigenvalue weighted by Gasteiger charge is 2.19. The van der Waals surface area contributed by atoms with E-state index in [-0.39, 0.29) is 31.1 Å². The largest absolute Gasteiger partial charge is 0.462 e. The molecule has 0 aliphatic rings. The minimum atomic E-state index is -0.774. The van der Waals surface area contributed by atoms with Gasteiger partial charge in [0.25, 0.3) is 0 Å². The Morgan fingerprint density at radius 2 is 0.562 bits per heavy atom.